The van der Waals surface area contributed by atoms with E-state index < -0.39 is 0 Å². The quantitative estimate of drug-likeness (QED) is 0.778. The van der Waals surface area contributed by atoms with Crippen molar-refractivity contribution in [2.24, 2.45) is 5.41 Å². The van der Waals surface area contributed by atoms with E-state index >= 15 is 0 Å². The molecule has 4 heteroatoms. The Hall–Kier alpha value is -0.160. The minimum absolute atomic E-state index is 0.00154. The van der Waals surface area contributed by atoms with Gasteiger partial charge in [-0.15, -0.1) is 0 Å². The van der Waals surface area contributed by atoms with Gasteiger partial charge in [-0.1, -0.05) is 0 Å². The summed E-state index contributed by atoms with van der Waals surface area (Å²) in [6, 6.07) is 0. The van der Waals surface area contributed by atoms with Crippen LogP contribution in [0.5, 0.6) is 0 Å². The van der Waals surface area contributed by atoms with Gasteiger partial charge in [0.1, 0.15) is 0 Å². The van der Waals surface area contributed by atoms with Crippen LogP contribution < -0.4 is 0 Å². The summed E-state index contributed by atoms with van der Waals surface area (Å²) < 4.78 is 11.1. The van der Waals surface area contributed by atoms with Gasteiger partial charge < -0.3 is 19.5 Å². The van der Waals surface area contributed by atoms with Crippen molar-refractivity contribution in [2.45, 2.75) is 32.3 Å². The number of rotatable bonds is 5. The number of nitrogens with zero attached hydrogens (tertiary/aromatic N) is 1. The highest BCUT2D eigenvalue weighted by Gasteiger charge is 2.36. The molecule has 0 amide bonds. The monoisotopic (exact) mass is 243 g/mol. The maximum Gasteiger partial charge on any atom is 0.0599 e. The fourth-order valence-electron chi connectivity index (χ4n) is 2.89. The van der Waals surface area contributed by atoms with Gasteiger partial charge in [-0.05, 0) is 26.2 Å². The first kappa shape index (κ1) is 13.3. The highest BCUT2D eigenvalue weighted by Crippen LogP contribution is 2.30. The summed E-state index contributed by atoms with van der Waals surface area (Å²) in [7, 11) is 0. The van der Waals surface area contributed by atoms with E-state index in [1.807, 2.05) is 0 Å². The Morgan fingerprint density at radius 3 is 2.71 bits per heavy atom. The summed E-state index contributed by atoms with van der Waals surface area (Å²) in [6.45, 7) is 7.80. The zero-order valence-electron chi connectivity index (χ0n) is 10.9. The van der Waals surface area contributed by atoms with Gasteiger partial charge in [0.05, 0.1) is 19.3 Å². The van der Waals surface area contributed by atoms with Crippen molar-refractivity contribution in [3.63, 3.8) is 0 Å². The molecule has 1 N–H and O–H groups in total. The van der Waals surface area contributed by atoms with E-state index in [4.69, 9.17) is 9.47 Å². The summed E-state index contributed by atoms with van der Waals surface area (Å²) in [4.78, 5) is 2.46. The van der Waals surface area contributed by atoms with E-state index in [0.29, 0.717) is 6.10 Å². The molecule has 100 valence electrons. The standard InChI is InChI=1S/C13H25NO3/c1-2-17-12-3-6-14(7-4-12)9-13(10-15)5-8-16-11-13/h12,15H,2-11H2,1H3. The predicted octanol–water partition coefficient (Wildman–Crippen LogP) is 0.886. The van der Waals surface area contributed by atoms with Crippen molar-refractivity contribution in [1.29, 1.82) is 0 Å². The molecule has 2 aliphatic rings. The predicted molar refractivity (Wildman–Crippen MR) is 66.0 cm³/mol. The van der Waals surface area contributed by atoms with Gasteiger partial charge in [-0.2, -0.15) is 0 Å². The first-order valence-electron chi connectivity index (χ1n) is 6.80. The van der Waals surface area contributed by atoms with Crippen molar-refractivity contribution in [1.82, 2.24) is 4.90 Å². The van der Waals surface area contributed by atoms with Crippen LogP contribution >= 0.6 is 0 Å². The lowest BCUT2D eigenvalue weighted by atomic mass is 9.87. The molecular weight excluding hydrogens is 218 g/mol. The Bertz CT molecular complexity index is 221. The van der Waals surface area contributed by atoms with Gasteiger partial charge in [-0.25, -0.2) is 0 Å². The van der Waals surface area contributed by atoms with Gasteiger partial charge in [0, 0.05) is 38.3 Å². The van der Waals surface area contributed by atoms with Crippen LogP contribution in [0.15, 0.2) is 0 Å². The fourth-order valence-corrected chi connectivity index (χ4v) is 2.89. The van der Waals surface area contributed by atoms with Crippen molar-refractivity contribution in [3.8, 4) is 0 Å². The molecule has 0 saturated carbocycles. The molecule has 17 heavy (non-hydrogen) atoms. The van der Waals surface area contributed by atoms with Crippen LogP contribution in [0.2, 0.25) is 0 Å². The molecular formula is C13H25NO3. The molecule has 4 nitrogen and oxygen atoms in total. The van der Waals surface area contributed by atoms with E-state index in [-0.39, 0.29) is 12.0 Å². The van der Waals surface area contributed by atoms with E-state index in [2.05, 4.69) is 11.8 Å². The number of piperidine rings is 1. The zero-order valence-corrected chi connectivity index (χ0v) is 10.9. The molecule has 0 spiro atoms. The van der Waals surface area contributed by atoms with Gasteiger partial charge >= 0.3 is 0 Å². The molecule has 0 radical (unpaired) electrons. The minimum Gasteiger partial charge on any atom is -0.396 e. The Morgan fingerprint density at radius 1 is 1.41 bits per heavy atom. The maximum absolute atomic E-state index is 9.55. The van der Waals surface area contributed by atoms with Crippen molar-refractivity contribution in [3.05, 3.63) is 0 Å². The third-order valence-corrected chi connectivity index (χ3v) is 4.02. The number of aliphatic hydroxyl groups excluding tert-OH is 1. The van der Waals surface area contributed by atoms with E-state index in [9.17, 15) is 5.11 Å². The van der Waals surface area contributed by atoms with Crippen LogP contribution in [0, 0.1) is 5.41 Å². The van der Waals surface area contributed by atoms with Crippen molar-refractivity contribution < 1.29 is 14.6 Å². The fraction of sp³-hybridized carbons (Fsp3) is 1.00. The number of likely N-dealkylation sites (tertiary alicyclic amines) is 1. The number of hydrogen-bond donors (Lipinski definition) is 1. The van der Waals surface area contributed by atoms with Crippen LogP contribution in [0.1, 0.15) is 26.2 Å². The van der Waals surface area contributed by atoms with Crippen molar-refractivity contribution >= 4 is 0 Å². The lowest BCUT2D eigenvalue weighted by Crippen LogP contribution is -2.45. The molecule has 0 aromatic rings. The summed E-state index contributed by atoms with van der Waals surface area (Å²) in [5.74, 6) is 0. The number of ether oxygens (including phenoxy) is 2. The molecule has 0 aliphatic carbocycles. The van der Waals surface area contributed by atoms with Gasteiger partial charge in [0.2, 0.25) is 0 Å². The second kappa shape index (κ2) is 6.14. The van der Waals surface area contributed by atoms with Crippen LogP contribution in [-0.2, 0) is 9.47 Å². The average molecular weight is 243 g/mol. The van der Waals surface area contributed by atoms with E-state index in [1.165, 1.54) is 0 Å². The average Bonchev–Trinajstić information content (AvgIpc) is 2.81. The normalized spacial score (nSPS) is 32.1. The molecule has 1 atom stereocenters. The number of hydrogen-bond acceptors (Lipinski definition) is 4. The Morgan fingerprint density at radius 2 is 2.18 bits per heavy atom. The third kappa shape index (κ3) is 3.41. The lowest BCUT2D eigenvalue weighted by Gasteiger charge is -2.37. The van der Waals surface area contributed by atoms with Crippen LogP contribution in [0.4, 0.5) is 0 Å². The molecule has 0 bridgehead atoms. The Balaban J connectivity index is 1.77. The van der Waals surface area contributed by atoms with Gasteiger partial charge in [-0.3, -0.25) is 0 Å². The maximum atomic E-state index is 9.55. The molecule has 0 aromatic heterocycles. The summed E-state index contributed by atoms with van der Waals surface area (Å²) in [5, 5.41) is 9.55. The summed E-state index contributed by atoms with van der Waals surface area (Å²) >= 11 is 0. The first-order valence-corrected chi connectivity index (χ1v) is 6.80. The van der Waals surface area contributed by atoms with Gasteiger partial charge in [0.25, 0.3) is 0 Å². The molecule has 2 heterocycles. The SMILES string of the molecule is CCOC1CCN(CC2(CO)CCOC2)CC1. The second-order valence-electron chi connectivity index (χ2n) is 5.39. The van der Waals surface area contributed by atoms with Crippen LogP contribution in [0.25, 0.3) is 0 Å². The lowest BCUT2D eigenvalue weighted by molar-refractivity contribution is -0.00585. The molecule has 1 unspecified atom stereocenters. The molecule has 2 saturated heterocycles. The minimum atomic E-state index is -0.00154. The van der Waals surface area contributed by atoms with Crippen LogP contribution in [-0.4, -0.2) is 62.2 Å². The van der Waals surface area contributed by atoms with E-state index in [0.717, 1.165) is 58.7 Å². The molecule has 2 fully saturated rings. The topological polar surface area (TPSA) is 41.9 Å². The largest absolute Gasteiger partial charge is 0.396 e. The zero-order chi connectivity index (χ0) is 12.1. The summed E-state index contributed by atoms with van der Waals surface area (Å²) in [5.41, 5.74) is -0.00154. The highest BCUT2D eigenvalue weighted by atomic mass is 16.5. The smallest absolute Gasteiger partial charge is 0.0599 e. The Labute approximate surface area is 104 Å². The summed E-state index contributed by atoms with van der Waals surface area (Å²) in [6.07, 6.45) is 3.68. The number of aliphatic hydroxyl groups is 1. The first-order chi connectivity index (χ1) is 8.28. The Kier molecular flexibility index (Phi) is 4.79. The highest BCUT2D eigenvalue weighted by molar-refractivity contribution is 4.87. The third-order valence-electron chi connectivity index (χ3n) is 4.02. The van der Waals surface area contributed by atoms with Crippen molar-refractivity contribution in [2.75, 3.05) is 46.1 Å². The molecule has 2 rings (SSSR count). The van der Waals surface area contributed by atoms with Crippen LogP contribution in [0.3, 0.4) is 0 Å². The van der Waals surface area contributed by atoms with Gasteiger partial charge in [0.15, 0.2) is 0 Å². The van der Waals surface area contributed by atoms with E-state index in [1.54, 1.807) is 0 Å². The second-order valence-corrected chi connectivity index (χ2v) is 5.39. The molecule has 2 aliphatic heterocycles. The molecule has 0 aromatic carbocycles.